The third kappa shape index (κ3) is 11.3. The third-order valence-electron chi connectivity index (χ3n) is 4.76. The number of hydrogen-bond acceptors (Lipinski definition) is 5. The molecule has 11 nitrogen and oxygen atoms in total. The van der Waals surface area contributed by atoms with Crippen molar-refractivity contribution in [2.75, 3.05) is 6.54 Å². The van der Waals surface area contributed by atoms with E-state index in [0.29, 0.717) is 25.9 Å². The van der Waals surface area contributed by atoms with Gasteiger partial charge in [-0.1, -0.05) is 28.1 Å². The van der Waals surface area contributed by atoms with Crippen molar-refractivity contribution >= 4 is 45.8 Å². The smallest absolute Gasteiger partial charge is 0.326 e. The number of urea groups is 1. The molecule has 0 saturated carbocycles. The largest absolute Gasteiger partial charge is 0.481 e. The van der Waals surface area contributed by atoms with Gasteiger partial charge in [0.1, 0.15) is 12.1 Å². The lowest BCUT2D eigenvalue weighted by Crippen LogP contribution is -2.51. The zero-order valence-electron chi connectivity index (χ0n) is 18.1. The van der Waals surface area contributed by atoms with Gasteiger partial charge < -0.3 is 30.9 Å². The molecule has 0 aromatic heterocycles. The Kier molecular flexibility index (Phi) is 11.9. The molecule has 0 aliphatic carbocycles. The summed E-state index contributed by atoms with van der Waals surface area (Å²) in [7, 11) is 0. The standard InChI is InChI=1S/C21H28BrN3O8/c1-13(26)25(12-14-5-7-15(22)8-6-14)11-3-2-4-16(19(29)30)23-21(33)24-17(20(31)32)9-10-18(27)28/h5-8,16-17H,2-4,9-12H2,1H3,(H,27,28)(H,29,30)(H,31,32)(H2,23,24,33)/t16-,17-/m0/s1. The van der Waals surface area contributed by atoms with Crippen LogP contribution in [-0.2, 0) is 25.7 Å². The van der Waals surface area contributed by atoms with Crippen LogP contribution in [0.5, 0.6) is 0 Å². The molecule has 0 spiro atoms. The van der Waals surface area contributed by atoms with Crippen molar-refractivity contribution in [2.45, 2.75) is 57.7 Å². The Morgan fingerprint density at radius 2 is 1.45 bits per heavy atom. The summed E-state index contributed by atoms with van der Waals surface area (Å²) in [5.74, 6) is -4.05. The summed E-state index contributed by atoms with van der Waals surface area (Å²) >= 11 is 3.35. The first-order valence-electron chi connectivity index (χ1n) is 10.2. The number of carbonyl (C=O) groups excluding carboxylic acids is 2. The second kappa shape index (κ2) is 14.1. The van der Waals surface area contributed by atoms with Gasteiger partial charge in [-0.25, -0.2) is 14.4 Å². The summed E-state index contributed by atoms with van der Waals surface area (Å²) in [6.07, 6.45) is 0.156. The highest BCUT2D eigenvalue weighted by Crippen LogP contribution is 2.13. The zero-order valence-corrected chi connectivity index (χ0v) is 19.7. The molecule has 0 saturated heterocycles. The van der Waals surface area contributed by atoms with Gasteiger partial charge in [0.15, 0.2) is 0 Å². The summed E-state index contributed by atoms with van der Waals surface area (Å²) < 4.78 is 0.924. The molecular weight excluding hydrogens is 502 g/mol. The number of nitrogens with one attached hydrogen (secondary N) is 2. The van der Waals surface area contributed by atoms with E-state index in [1.54, 1.807) is 4.90 Å². The lowest BCUT2D eigenvalue weighted by molar-refractivity contribution is -0.140. The van der Waals surface area contributed by atoms with Crippen LogP contribution in [0, 0.1) is 0 Å². The minimum atomic E-state index is -1.46. The zero-order chi connectivity index (χ0) is 25.0. The molecule has 5 N–H and O–H groups in total. The van der Waals surface area contributed by atoms with E-state index in [4.69, 9.17) is 10.2 Å². The molecule has 33 heavy (non-hydrogen) atoms. The molecular formula is C21H28BrN3O8. The molecule has 0 unspecified atom stereocenters. The van der Waals surface area contributed by atoms with Crippen molar-refractivity contribution in [2.24, 2.45) is 0 Å². The molecule has 1 aromatic carbocycles. The molecule has 0 fully saturated rings. The predicted octanol–water partition coefficient (Wildman–Crippen LogP) is 2.04. The molecule has 182 valence electrons. The second-order valence-electron chi connectivity index (χ2n) is 7.39. The first-order valence-corrected chi connectivity index (χ1v) is 11.0. The quantitative estimate of drug-likeness (QED) is 0.227. The number of aliphatic carboxylic acids is 3. The van der Waals surface area contributed by atoms with Crippen LogP contribution in [0.25, 0.3) is 0 Å². The highest BCUT2D eigenvalue weighted by Gasteiger charge is 2.24. The Labute approximate surface area is 199 Å². The Morgan fingerprint density at radius 1 is 0.909 bits per heavy atom. The number of carboxylic acid groups (broad SMARTS) is 3. The molecule has 0 heterocycles. The van der Waals surface area contributed by atoms with Crippen molar-refractivity contribution in [3.8, 4) is 0 Å². The Morgan fingerprint density at radius 3 is 1.94 bits per heavy atom. The summed E-state index contributed by atoms with van der Waals surface area (Å²) in [4.78, 5) is 58.8. The fourth-order valence-corrected chi connectivity index (χ4v) is 3.21. The summed E-state index contributed by atoms with van der Waals surface area (Å²) in [5, 5.41) is 31.4. The number of amides is 3. The van der Waals surface area contributed by atoms with Crippen molar-refractivity contribution in [1.82, 2.24) is 15.5 Å². The van der Waals surface area contributed by atoms with E-state index < -0.39 is 42.4 Å². The van der Waals surface area contributed by atoms with Crippen molar-refractivity contribution in [3.05, 3.63) is 34.3 Å². The summed E-state index contributed by atoms with van der Waals surface area (Å²) in [6, 6.07) is 3.79. The highest BCUT2D eigenvalue weighted by molar-refractivity contribution is 9.10. The molecule has 0 aliphatic heterocycles. The molecule has 1 rings (SSSR count). The fraction of sp³-hybridized carbons (Fsp3) is 0.476. The Bertz CT molecular complexity index is 846. The van der Waals surface area contributed by atoms with Gasteiger partial charge in [-0.3, -0.25) is 9.59 Å². The lowest BCUT2D eigenvalue weighted by Gasteiger charge is -2.22. The fourth-order valence-electron chi connectivity index (χ4n) is 2.95. The molecule has 0 aliphatic rings. The molecule has 1 aromatic rings. The molecule has 3 amide bonds. The van der Waals surface area contributed by atoms with Crippen LogP contribution in [-0.4, -0.2) is 68.7 Å². The van der Waals surface area contributed by atoms with Crippen LogP contribution in [0.4, 0.5) is 4.79 Å². The number of rotatable bonds is 14. The summed E-state index contributed by atoms with van der Waals surface area (Å²) in [5.41, 5.74) is 0.950. The first kappa shape index (κ1) is 27.9. The molecule has 2 atom stereocenters. The number of unbranched alkanes of at least 4 members (excludes halogenated alkanes) is 1. The van der Waals surface area contributed by atoms with E-state index in [1.165, 1.54) is 6.92 Å². The summed E-state index contributed by atoms with van der Waals surface area (Å²) in [6.45, 7) is 2.27. The topological polar surface area (TPSA) is 173 Å². The Balaban J connectivity index is 2.54. The van der Waals surface area contributed by atoms with Crippen LogP contribution in [0.2, 0.25) is 0 Å². The van der Waals surface area contributed by atoms with Gasteiger partial charge in [0.05, 0.1) is 0 Å². The van der Waals surface area contributed by atoms with E-state index in [9.17, 15) is 29.1 Å². The average molecular weight is 530 g/mol. The lowest BCUT2D eigenvalue weighted by atomic mass is 10.1. The number of benzene rings is 1. The first-order chi connectivity index (χ1) is 15.5. The predicted molar refractivity (Wildman–Crippen MR) is 120 cm³/mol. The highest BCUT2D eigenvalue weighted by atomic mass is 79.9. The van der Waals surface area contributed by atoms with Gasteiger partial charge in [-0.05, 0) is 43.4 Å². The van der Waals surface area contributed by atoms with Gasteiger partial charge >= 0.3 is 23.9 Å². The van der Waals surface area contributed by atoms with E-state index in [0.717, 1.165) is 10.0 Å². The van der Waals surface area contributed by atoms with Crippen LogP contribution in [0.3, 0.4) is 0 Å². The number of carboxylic acids is 3. The van der Waals surface area contributed by atoms with Crippen LogP contribution >= 0.6 is 15.9 Å². The minimum Gasteiger partial charge on any atom is -0.481 e. The Hall–Kier alpha value is -3.15. The van der Waals surface area contributed by atoms with E-state index in [2.05, 4.69) is 26.6 Å². The van der Waals surface area contributed by atoms with Crippen molar-refractivity contribution < 1.29 is 39.3 Å². The number of carbonyl (C=O) groups is 5. The maximum Gasteiger partial charge on any atom is 0.326 e. The van der Waals surface area contributed by atoms with Gasteiger partial charge in [-0.15, -0.1) is 0 Å². The monoisotopic (exact) mass is 529 g/mol. The van der Waals surface area contributed by atoms with Crippen molar-refractivity contribution in [3.63, 3.8) is 0 Å². The van der Waals surface area contributed by atoms with Crippen LogP contribution in [0.15, 0.2) is 28.7 Å². The maximum atomic E-state index is 12.0. The van der Waals surface area contributed by atoms with Crippen LogP contribution in [0.1, 0.15) is 44.6 Å². The maximum absolute atomic E-state index is 12.0. The average Bonchev–Trinajstić information content (AvgIpc) is 2.73. The third-order valence-corrected chi connectivity index (χ3v) is 5.29. The minimum absolute atomic E-state index is 0.0691. The SMILES string of the molecule is CC(=O)N(CCCC[C@H](NC(=O)N[C@@H](CCC(=O)O)C(=O)O)C(=O)O)Cc1ccc(Br)cc1. The van der Waals surface area contributed by atoms with Gasteiger partial charge in [-0.2, -0.15) is 0 Å². The molecule has 0 bridgehead atoms. The van der Waals surface area contributed by atoms with Crippen LogP contribution < -0.4 is 10.6 Å². The molecule has 0 radical (unpaired) electrons. The molecule has 12 heteroatoms. The number of halogens is 1. The normalized spacial score (nSPS) is 12.3. The van der Waals surface area contributed by atoms with E-state index in [-0.39, 0.29) is 18.7 Å². The van der Waals surface area contributed by atoms with Gasteiger partial charge in [0.2, 0.25) is 5.91 Å². The van der Waals surface area contributed by atoms with Crippen molar-refractivity contribution in [1.29, 1.82) is 0 Å². The second-order valence-corrected chi connectivity index (χ2v) is 8.31. The van der Waals surface area contributed by atoms with Gasteiger partial charge in [0, 0.05) is 30.9 Å². The van der Waals surface area contributed by atoms with E-state index in [1.807, 2.05) is 24.3 Å². The van der Waals surface area contributed by atoms with E-state index >= 15 is 0 Å². The number of nitrogens with zero attached hydrogens (tertiary/aromatic N) is 1. The number of hydrogen-bond donors (Lipinski definition) is 5. The van der Waals surface area contributed by atoms with Gasteiger partial charge in [0.25, 0.3) is 0 Å².